The molecule has 154 valence electrons. The van der Waals surface area contributed by atoms with Crippen LogP contribution in [0.2, 0.25) is 0 Å². The van der Waals surface area contributed by atoms with Crippen LogP contribution < -0.4 is 0 Å². The van der Waals surface area contributed by atoms with Crippen molar-refractivity contribution in [1.82, 2.24) is 9.80 Å². The summed E-state index contributed by atoms with van der Waals surface area (Å²) in [7, 11) is 3.60. The highest BCUT2D eigenvalue weighted by Gasteiger charge is 2.47. The van der Waals surface area contributed by atoms with E-state index in [4.69, 9.17) is 4.74 Å². The molecule has 3 heterocycles. The molecule has 2 amide bonds. The van der Waals surface area contributed by atoms with Crippen molar-refractivity contribution in [3.05, 3.63) is 47.3 Å². The van der Waals surface area contributed by atoms with Crippen molar-refractivity contribution in [2.45, 2.75) is 31.8 Å². The average molecular weight is 413 g/mol. The molecule has 29 heavy (non-hydrogen) atoms. The molecule has 1 aromatic heterocycles. The average Bonchev–Trinajstić information content (AvgIpc) is 3.49. The molecule has 2 aromatic rings. The third kappa shape index (κ3) is 4.09. The lowest BCUT2D eigenvalue weighted by atomic mass is 9.79. The summed E-state index contributed by atoms with van der Waals surface area (Å²) < 4.78 is 5.59. The van der Waals surface area contributed by atoms with Gasteiger partial charge in [-0.25, -0.2) is 0 Å². The van der Waals surface area contributed by atoms with Gasteiger partial charge in [0.2, 0.25) is 5.91 Å². The van der Waals surface area contributed by atoms with Crippen molar-refractivity contribution in [1.29, 1.82) is 0 Å². The second-order valence-electron chi connectivity index (χ2n) is 8.35. The molecular weight excluding hydrogens is 384 g/mol. The van der Waals surface area contributed by atoms with Gasteiger partial charge in [0.15, 0.2) is 0 Å². The van der Waals surface area contributed by atoms with Crippen molar-refractivity contribution in [3.63, 3.8) is 0 Å². The summed E-state index contributed by atoms with van der Waals surface area (Å²) in [5.74, 6) is 0.143. The summed E-state index contributed by atoms with van der Waals surface area (Å²) in [5.41, 5.74) is 1.74. The normalized spacial score (nSPS) is 24.1. The Morgan fingerprint density at radius 1 is 1.28 bits per heavy atom. The number of benzene rings is 1. The van der Waals surface area contributed by atoms with E-state index in [-0.39, 0.29) is 17.9 Å². The van der Waals surface area contributed by atoms with E-state index in [0.29, 0.717) is 32.5 Å². The van der Waals surface area contributed by atoms with E-state index in [1.54, 1.807) is 30.3 Å². The zero-order valence-corrected chi connectivity index (χ0v) is 17.9. The maximum Gasteiger partial charge on any atom is 0.251 e. The third-order valence-electron chi connectivity index (χ3n) is 6.01. The Balaban J connectivity index is 1.57. The molecule has 0 radical (unpaired) electrons. The molecule has 2 unspecified atom stereocenters. The van der Waals surface area contributed by atoms with Gasteiger partial charge >= 0.3 is 0 Å². The summed E-state index contributed by atoms with van der Waals surface area (Å²) in [4.78, 5) is 30.8. The van der Waals surface area contributed by atoms with Crippen molar-refractivity contribution in [2.75, 3.05) is 33.8 Å². The van der Waals surface area contributed by atoms with E-state index >= 15 is 0 Å². The Bertz CT molecular complexity index is 874. The predicted octanol–water partition coefficient (Wildman–Crippen LogP) is 3.44. The van der Waals surface area contributed by atoms with Crippen LogP contribution in [-0.4, -0.2) is 61.5 Å². The molecule has 0 bridgehead atoms. The molecule has 6 heteroatoms. The van der Waals surface area contributed by atoms with E-state index in [1.165, 1.54) is 10.4 Å². The standard InChI is InChI=1S/C23H28N2O3S/c1-24(2)22(27)23(10-11-25(16-23)21(26)19-8-4-12-28-19)15-17-6-3-7-18(14-17)20-9-5-13-29-20/h3,5-7,9,13-14,19H,4,8,10-12,15-16H2,1-2H3. The molecule has 0 N–H and O–H groups in total. The number of rotatable bonds is 5. The Morgan fingerprint density at radius 3 is 2.83 bits per heavy atom. The van der Waals surface area contributed by atoms with Gasteiger partial charge in [0.05, 0.1) is 5.41 Å². The van der Waals surface area contributed by atoms with E-state index < -0.39 is 5.41 Å². The highest BCUT2D eigenvalue weighted by Crippen LogP contribution is 2.38. The van der Waals surface area contributed by atoms with Crippen LogP contribution in [0.1, 0.15) is 24.8 Å². The number of likely N-dealkylation sites (tertiary alicyclic amines) is 1. The minimum absolute atomic E-state index is 0.0447. The second kappa shape index (κ2) is 8.28. The number of hydrogen-bond donors (Lipinski definition) is 0. The van der Waals surface area contributed by atoms with E-state index in [9.17, 15) is 9.59 Å². The van der Waals surface area contributed by atoms with Gasteiger partial charge in [-0.3, -0.25) is 9.59 Å². The molecule has 2 aliphatic rings. The van der Waals surface area contributed by atoms with Crippen LogP contribution >= 0.6 is 11.3 Å². The monoisotopic (exact) mass is 412 g/mol. The van der Waals surface area contributed by atoms with Gasteiger partial charge in [0.1, 0.15) is 6.10 Å². The van der Waals surface area contributed by atoms with E-state index in [1.807, 2.05) is 4.90 Å². The molecule has 1 aromatic carbocycles. The largest absolute Gasteiger partial charge is 0.368 e. The summed E-state index contributed by atoms with van der Waals surface area (Å²) in [6.07, 6.45) is 2.71. The van der Waals surface area contributed by atoms with Crippen LogP contribution in [-0.2, 0) is 20.7 Å². The van der Waals surface area contributed by atoms with Gasteiger partial charge in [-0.15, -0.1) is 11.3 Å². The number of ether oxygens (including phenoxy) is 1. The smallest absolute Gasteiger partial charge is 0.251 e. The first kappa shape index (κ1) is 20.1. The molecular formula is C23H28N2O3S. The van der Waals surface area contributed by atoms with Crippen molar-refractivity contribution in [3.8, 4) is 10.4 Å². The number of carbonyl (C=O) groups excluding carboxylic acids is 2. The van der Waals surface area contributed by atoms with E-state index in [0.717, 1.165) is 18.4 Å². The maximum absolute atomic E-state index is 13.2. The van der Waals surface area contributed by atoms with E-state index in [2.05, 4.69) is 41.8 Å². The molecule has 2 saturated heterocycles. The maximum atomic E-state index is 13.2. The van der Waals surface area contributed by atoms with Gasteiger partial charge in [-0.1, -0.05) is 30.3 Å². The highest BCUT2D eigenvalue weighted by molar-refractivity contribution is 7.13. The first-order valence-electron chi connectivity index (χ1n) is 10.2. The van der Waals surface area contributed by atoms with Gasteiger partial charge < -0.3 is 14.5 Å². The summed E-state index contributed by atoms with van der Waals surface area (Å²) in [5, 5.41) is 2.07. The molecule has 0 aliphatic carbocycles. The van der Waals surface area contributed by atoms with Gasteiger partial charge in [-0.05, 0) is 48.3 Å². The Morgan fingerprint density at radius 2 is 2.14 bits per heavy atom. The fourth-order valence-corrected chi connectivity index (χ4v) is 5.30. The molecule has 2 aliphatic heterocycles. The topological polar surface area (TPSA) is 49.9 Å². The lowest BCUT2D eigenvalue weighted by Gasteiger charge is -2.31. The van der Waals surface area contributed by atoms with Crippen LogP contribution in [0.5, 0.6) is 0 Å². The highest BCUT2D eigenvalue weighted by atomic mass is 32.1. The summed E-state index contributed by atoms with van der Waals surface area (Å²) in [6.45, 7) is 1.73. The van der Waals surface area contributed by atoms with Crippen molar-refractivity contribution < 1.29 is 14.3 Å². The molecule has 5 nitrogen and oxygen atoms in total. The first-order valence-corrected chi connectivity index (χ1v) is 11.1. The van der Waals surface area contributed by atoms with Crippen LogP contribution in [0.3, 0.4) is 0 Å². The number of amides is 2. The fraction of sp³-hybridized carbons (Fsp3) is 0.478. The minimum atomic E-state index is -0.578. The van der Waals surface area contributed by atoms with Gasteiger partial charge in [-0.2, -0.15) is 0 Å². The molecule has 2 atom stereocenters. The fourth-order valence-electron chi connectivity index (χ4n) is 4.57. The number of thiophene rings is 1. The second-order valence-corrected chi connectivity index (χ2v) is 9.29. The van der Waals surface area contributed by atoms with Crippen molar-refractivity contribution >= 4 is 23.2 Å². The van der Waals surface area contributed by atoms with Gasteiger partial charge in [0, 0.05) is 38.7 Å². The first-order chi connectivity index (χ1) is 14.0. The zero-order chi connectivity index (χ0) is 20.4. The zero-order valence-electron chi connectivity index (χ0n) is 17.1. The molecule has 0 saturated carbocycles. The summed E-state index contributed by atoms with van der Waals surface area (Å²) in [6, 6.07) is 12.6. The Hall–Kier alpha value is -2.18. The lowest BCUT2D eigenvalue weighted by Crippen LogP contribution is -2.46. The quantitative estimate of drug-likeness (QED) is 0.756. The Labute approximate surface area is 176 Å². The number of carbonyl (C=O) groups is 2. The van der Waals surface area contributed by atoms with Crippen LogP contribution in [0.15, 0.2) is 41.8 Å². The molecule has 0 spiro atoms. The van der Waals surface area contributed by atoms with Crippen LogP contribution in [0, 0.1) is 5.41 Å². The molecule has 2 fully saturated rings. The van der Waals surface area contributed by atoms with Crippen LogP contribution in [0.4, 0.5) is 0 Å². The van der Waals surface area contributed by atoms with Crippen molar-refractivity contribution in [2.24, 2.45) is 5.41 Å². The van der Waals surface area contributed by atoms with Crippen LogP contribution in [0.25, 0.3) is 10.4 Å². The summed E-state index contributed by atoms with van der Waals surface area (Å²) >= 11 is 1.71. The predicted molar refractivity (Wildman–Crippen MR) is 115 cm³/mol. The third-order valence-corrected chi connectivity index (χ3v) is 6.92. The SMILES string of the molecule is CN(C)C(=O)C1(Cc2cccc(-c3cccs3)c2)CCN(C(=O)C2CCCO2)C1. The van der Waals surface area contributed by atoms with Gasteiger partial charge in [0.25, 0.3) is 5.91 Å². The number of hydrogen-bond acceptors (Lipinski definition) is 4. The lowest BCUT2D eigenvalue weighted by molar-refractivity contribution is -0.142. The minimum Gasteiger partial charge on any atom is -0.368 e. The molecule has 4 rings (SSSR count). The Kier molecular flexibility index (Phi) is 5.74. The number of nitrogens with zero attached hydrogens (tertiary/aromatic N) is 2.